The maximum Gasteiger partial charge on any atom is 0.228 e. The predicted octanol–water partition coefficient (Wildman–Crippen LogP) is 1.81. The fraction of sp³-hybridized carbons (Fsp3) is 0.588. The van der Waals surface area contributed by atoms with Crippen LogP contribution >= 0.6 is 0 Å². The lowest BCUT2D eigenvalue weighted by Crippen LogP contribution is -2.41. The molecule has 0 radical (unpaired) electrons. The van der Waals surface area contributed by atoms with Gasteiger partial charge in [-0.2, -0.15) is 0 Å². The second-order valence-corrected chi connectivity index (χ2v) is 6.34. The molecule has 1 saturated carbocycles. The van der Waals surface area contributed by atoms with Crippen molar-refractivity contribution in [2.75, 3.05) is 26.8 Å². The summed E-state index contributed by atoms with van der Waals surface area (Å²) in [6, 6.07) is 8.23. The molecular weight excluding hydrogens is 264 g/mol. The van der Waals surface area contributed by atoms with Crippen molar-refractivity contribution in [1.29, 1.82) is 0 Å². The number of benzene rings is 1. The van der Waals surface area contributed by atoms with Gasteiger partial charge in [0.15, 0.2) is 0 Å². The minimum atomic E-state index is -0.0619. The first-order valence-electron chi connectivity index (χ1n) is 7.79. The molecule has 114 valence electrons. The molecule has 1 aliphatic carbocycles. The highest BCUT2D eigenvalue weighted by molar-refractivity contribution is 5.84. The van der Waals surface area contributed by atoms with Crippen molar-refractivity contribution in [3.63, 3.8) is 0 Å². The Kier molecular flexibility index (Phi) is 4.27. The van der Waals surface area contributed by atoms with Gasteiger partial charge in [0.25, 0.3) is 0 Å². The van der Waals surface area contributed by atoms with Crippen molar-refractivity contribution < 1.29 is 9.53 Å². The molecule has 1 fully saturated rings. The maximum absolute atomic E-state index is 12.5. The Hall–Kier alpha value is -1.39. The van der Waals surface area contributed by atoms with Gasteiger partial charge in [-0.25, -0.2) is 0 Å². The minimum absolute atomic E-state index is 0.0619. The molecule has 1 heterocycles. The molecule has 4 nitrogen and oxygen atoms in total. The molecule has 1 unspecified atom stereocenters. The van der Waals surface area contributed by atoms with E-state index in [1.54, 1.807) is 7.11 Å². The maximum atomic E-state index is 12.5. The van der Waals surface area contributed by atoms with Gasteiger partial charge >= 0.3 is 0 Å². The molecule has 2 N–H and O–H groups in total. The first kappa shape index (κ1) is 14.5. The van der Waals surface area contributed by atoms with Crippen molar-refractivity contribution in [3.8, 4) is 0 Å². The number of carbonyl (C=O) groups excluding carboxylic acids is 1. The van der Waals surface area contributed by atoms with Gasteiger partial charge in [0.1, 0.15) is 0 Å². The third kappa shape index (κ3) is 3.27. The van der Waals surface area contributed by atoms with Crippen LogP contribution in [0, 0.1) is 5.41 Å². The Balaban J connectivity index is 1.59. The molecule has 1 amide bonds. The van der Waals surface area contributed by atoms with Crippen LogP contribution in [0.1, 0.15) is 36.3 Å². The van der Waals surface area contributed by atoms with E-state index >= 15 is 0 Å². The second-order valence-electron chi connectivity index (χ2n) is 6.34. The molecule has 1 atom stereocenters. The molecule has 0 aromatic heterocycles. The molecule has 4 heteroatoms. The van der Waals surface area contributed by atoms with Gasteiger partial charge in [-0.1, -0.05) is 24.3 Å². The summed E-state index contributed by atoms with van der Waals surface area (Å²) in [6.07, 6.45) is 3.45. The predicted molar refractivity (Wildman–Crippen MR) is 82.1 cm³/mol. The van der Waals surface area contributed by atoms with Crippen LogP contribution in [0.4, 0.5) is 0 Å². The molecule has 21 heavy (non-hydrogen) atoms. The Bertz CT molecular complexity index is 511. The average Bonchev–Trinajstić information content (AvgIpc) is 3.30. The summed E-state index contributed by atoms with van der Waals surface area (Å²) in [5.74, 6) is 0.0894. The Morgan fingerprint density at radius 1 is 1.43 bits per heavy atom. The van der Waals surface area contributed by atoms with Gasteiger partial charge in [0.05, 0.1) is 5.92 Å². The summed E-state index contributed by atoms with van der Waals surface area (Å²) in [5, 5.41) is 6.51. The van der Waals surface area contributed by atoms with E-state index in [0.29, 0.717) is 5.41 Å². The molecule has 0 spiro atoms. The van der Waals surface area contributed by atoms with E-state index < -0.39 is 0 Å². The summed E-state index contributed by atoms with van der Waals surface area (Å²) in [6.45, 7) is 3.16. The standard InChI is InChI=1S/C17H24N2O2/c1-21-9-8-17(6-7-17)12-19-16(20)15-11-18-10-13-4-2-3-5-14(13)15/h2-5,15,18H,6-12H2,1H3,(H,19,20). The molecule has 1 aromatic rings. The molecule has 1 aromatic carbocycles. The number of rotatable bonds is 6. The van der Waals surface area contributed by atoms with Crippen LogP contribution in [0.2, 0.25) is 0 Å². The Morgan fingerprint density at radius 2 is 2.24 bits per heavy atom. The fourth-order valence-electron chi connectivity index (χ4n) is 3.14. The number of hydrogen-bond acceptors (Lipinski definition) is 3. The monoisotopic (exact) mass is 288 g/mol. The van der Waals surface area contributed by atoms with E-state index in [-0.39, 0.29) is 11.8 Å². The molecule has 3 rings (SSSR count). The van der Waals surface area contributed by atoms with Crippen LogP contribution in [0.5, 0.6) is 0 Å². The van der Waals surface area contributed by atoms with E-state index in [1.165, 1.54) is 24.0 Å². The topological polar surface area (TPSA) is 50.4 Å². The quantitative estimate of drug-likeness (QED) is 0.839. The van der Waals surface area contributed by atoms with Crippen molar-refractivity contribution in [1.82, 2.24) is 10.6 Å². The van der Waals surface area contributed by atoms with Gasteiger partial charge in [-0.3, -0.25) is 4.79 Å². The molecule has 0 saturated heterocycles. The number of ether oxygens (including phenoxy) is 1. The zero-order valence-electron chi connectivity index (χ0n) is 12.7. The number of hydrogen-bond donors (Lipinski definition) is 2. The number of amides is 1. The van der Waals surface area contributed by atoms with Crippen LogP contribution in [-0.4, -0.2) is 32.7 Å². The normalized spacial score (nSPS) is 22.4. The van der Waals surface area contributed by atoms with Gasteiger partial charge in [-0.05, 0) is 35.8 Å². The lowest BCUT2D eigenvalue weighted by molar-refractivity contribution is -0.122. The summed E-state index contributed by atoms with van der Waals surface area (Å²) < 4.78 is 5.16. The average molecular weight is 288 g/mol. The third-order valence-corrected chi connectivity index (χ3v) is 4.84. The van der Waals surface area contributed by atoms with Crippen molar-refractivity contribution >= 4 is 5.91 Å². The van der Waals surface area contributed by atoms with Gasteiger partial charge < -0.3 is 15.4 Å². The highest BCUT2D eigenvalue weighted by Gasteiger charge is 2.42. The summed E-state index contributed by atoms with van der Waals surface area (Å²) in [4.78, 5) is 12.5. The summed E-state index contributed by atoms with van der Waals surface area (Å²) >= 11 is 0. The van der Waals surface area contributed by atoms with Crippen molar-refractivity contribution in [2.45, 2.75) is 31.7 Å². The van der Waals surface area contributed by atoms with Crippen LogP contribution in [0.25, 0.3) is 0 Å². The van der Waals surface area contributed by atoms with Gasteiger partial charge in [0, 0.05) is 33.4 Å². The molecular formula is C17H24N2O2. The summed E-state index contributed by atoms with van der Waals surface area (Å²) in [5.41, 5.74) is 2.72. The zero-order chi connectivity index (χ0) is 14.7. The van der Waals surface area contributed by atoms with E-state index in [2.05, 4.69) is 22.8 Å². The van der Waals surface area contributed by atoms with Crippen molar-refractivity contribution in [3.05, 3.63) is 35.4 Å². The van der Waals surface area contributed by atoms with E-state index in [1.807, 2.05) is 12.1 Å². The Morgan fingerprint density at radius 3 is 3.00 bits per heavy atom. The van der Waals surface area contributed by atoms with Crippen molar-refractivity contribution in [2.24, 2.45) is 5.41 Å². The smallest absolute Gasteiger partial charge is 0.228 e. The first-order valence-corrected chi connectivity index (χ1v) is 7.79. The highest BCUT2D eigenvalue weighted by atomic mass is 16.5. The zero-order valence-corrected chi connectivity index (χ0v) is 12.7. The van der Waals surface area contributed by atoms with E-state index in [9.17, 15) is 4.79 Å². The highest BCUT2D eigenvalue weighted by Crippen LogP contribution is 2.48. The summed E-state index contributed by atoms with van der Waals surface area (Å²) in [7, 11) is 1.74. The molecule has 1 aliphatic heterocycles. The van der Waals surface area contributed by atoms with E-state index in [4.69, 9.17) is 4.74 Å². The Labute approximate surface area is 126 Å². The van der Waals surface area contributed by atoms with Gasteiger partial charge in [0.2, 0.25) is 5.91 Å². The second kappa shape index (κ2) is 6.16. The lowest BCUT2D eigenvalue weighted by Gasteiger charge is -2.26. The first-order chi connectivity index (χ1) is 10.2. The SMILES string of the molecule is COCCC1(CNC(=O)C2CNCc3ccccc32)CC1. The van der Waals surface area contributed by atoms with E-state index in [0.717, 1.165) is 32.7 Å². The van der Waals surface area contributed by atoms with Crippen LogP contribution < -0.4 is 10.6 Å². The molecule has 2 aliphatic rings. The number of methoxy groups -OCH3 is 1. The molecule has 0 bridgehead atoms. The van der Waals surface area contributed by atoms with Gasteiger partial charge in [-0.15, -0.1) is 0 Å². The van der Waals surface area contributed by atoms with Crippen LogP contribution in [0.15, 0.2) is 24.3 Å². The minimum Gasteiger partial charge on any atom is -0.385 e. The number of fused-ring (bicyclic) bond motifs is 1. The number of carbonyl (C=O) groups is 1. The fourth-order valence-corrected chi connectivity index (χ4v) is 3.14. The lowest BCUT2D eigenvalue weighted by atomic mass is 9.90. The largest absolute Gasteiger partial charge is 0.385 e. The number of nitrogens with one attached hydrogen (secondary N) is 2. The third-order valence-electron chi connectivity index (χ3n) is 4.84. The van der Waals surface area contributed by atoms with Crippen LogP contribution in [0.3, 0.4) is 0 Å². The van der Waals surface area contributed by atoms with Crippen LogP contribution in [-0.2, 0) is 16.1 Å².